The lowest BCUT2D eigenvalue weighted by molar-refractivity contribution is -0.133. The normalized spacial score (nSPS) is 28.0. The summed E-state index contributed by atoms with van der Waals surface area (Å²) in [4.78, 5) is 14.1. The predicted molar refractivity (Wildman–Crippen MR) is 74.9 cm³/mol. The largest absolute Gasteiger partial charge is 0.488 e. The number of fused-ring (bicyclic) bond motifs is 1. The Balaban J connectivity index is 1.58. The van der Waals surface area contributed by atoms with Crippen LogP contribution in [0.5, 0.6) is 5.75 Å². The number of hydrogen-bond acceptors (Lipinski definition) is 5. The molecule has 1 aromatic carbocycles. The van der Waals surface area contributed by atoms with Gasteiger partial charge >= 0.3 is 0 Å². The molecule has 0 aromatic heterocycles. The third kappa shape index (κ3) is 2.49. The highest BCUT2D eigenvalue weighted by Crippen LogP contribution is 2.28. The number of para-hydroxylation sites is 1. The molecule has 1 fully saturated rings. The summed E-state index contributed by atoms with van der Waals surface area (Å²) in [5, 5.41) is 0. The summed E-state index contributed by atoms with van der Waals surface area (Å²) < 4.78 is 5.87. The van der Waals surface area contributed by atoms with Crippen molar-refractivity contribution in [1.29, 1.82) is 0 Å². The maximum absolute atomic E-state index is 12.3. The second kappa shape index (κ2) is 5.40. The number of rotatable bonds is 3. The van der Waals surface area contributed by atoms with Crippen LogP contribution in [0.25, 0.3) is 0 Å². The van der Waals surface area contributed by atoms with E-state index in [0.717, 1.165) is 12.2 Å². The topological polar surface area (TPSA) is 65.6 Å². The van der Waals surface area contributed by atoms with Crippen LogP contribution in [0, 0.1) is 0 Å². The van der Waals surface area contributed by atoms with Crippen LogP contribution in [0.1, 0.15) is 12.5 Å². The Hall–Kier alpha value is -1.63. The fraction of sp³-hybridized carbons (Fsp3) is 0.500. The molecule has 1 amide bonds. The van der Waals surface area contributed by atoms with Crippen molar-refractivity contribution in [3.8, 4) is 5.75 Å². The molecule has 3 rings (SSSR count). The fourth-order valence-electron chi connectivity index (χ4n) is 2.71. The van der Waals surface area contributed by atoms with E-state index >= 15 is 0 Å². The van der Waals surface area contributed by atoms with Gasteiger partial charge < -0.3 is 9.64 Å². The third-order valence-electron chi connectivity index (χ3n) is 3.86. The molecule has 0 spiro atoms. The minimum atomic E-state index is -0.247. The third-order valence-corrected chi connectivity index (χ3v) is 3.86. The number of hydrazine groups is 2. The Morgan fingerprint density at radius 3 is 2.90 bits per heavy atom. The summed E-state index contributed by atoms with van der Waals surface area (Å²) in [7, 11) is 1.82. The zero-order chi connectivity index (χ0) is 14.1. The standard InChI is InChI=1S/C14H20N4O2/c1-9-13(16-17-15-9)14(19)18(2)8-11-7-10-5-3-4-6-12(10)20-11/h3-6,9,11,13,15-17H,7-8H2,1-2H3. The first-order valence-corrected chi connectivity index (χ1v) is 6.91. The molecule has 20 heavy (non-hydrogen) atoms. The Bertz CT molecular complexity index is 483. The van der Waals surface area contributed by atoms with Crippen molar-refractivity contribution < 1.29 is 9.53 Å². The van der Waals surface area contributed by atoms with Crippen LogP contribution in [0.3, 0.4) is 0 Å². The van der Waals surface area contributed by atoms with E-state index in [1.807, 2.05) is 32.2 Å². The Morgan fingerprint density at radius 1 is 1.40 bits per heavy atom. The first kappa shape index (κ1) is 13.4. The number of amides is 1. The first-order chi connectivity index (χ1) is 9.65. The Kier molecular flexibility index (Phi) is 3.60. The lowest BCUT2D eigenvalue weighted by Gasteiger charge is -2.24. The van der Waals surface area contributed by atoms with Crippen LogP contribution in [0.15, 0.2) is 24.3 Å². The van der Waals surface area contributed by atoms with Crippen molar-refractivity contribution >= 4 is 5.91 Å². The summed E-state index contributed by atoms with van der Waals surface area (Å²) in [5.74, 6) is 1.00. The van der Waals surface area contributed by atoms with Gasteiger partial charge in [-0.15, -0.1) is 0 Å². The first-order valence-electron chi connectivity index (χ1n) is 6.91. The minimum absolute atomic E-state index is 0.0407. The minimum Gasteiger partial charge on any atom is -0.488 e. The smallest absolute Gasteiger partial charge is 0.242 e. The molecule has 0 radical (unpaired) electrons. The van der Waals surface area contributed by atoms with E-state index in [1.54, 1.807) is 4.90 Å². The zero-order valence-corrected chi connectivity index (χ0v) is 11.7. The quantitative estimate of drug-likeness (QED) is 0.714. The second-order valence-corrected chi connectivity index (χ2v) is 5.45. The van der Waals surface area contributed by atoms with Gasteiger partial charge in [-0.2, -0.15) is 5.53 Å². The predicted octanol–water partition coefficient (Wildman–Crippen LogP) is -0.182. The van der Waals surface area contributed by atoms with Gasteiger partial charge in [0.2, 0.25) is 5.91 Å². The summed E-state index contributed by atoms with van der Waals surface area (Å²) >= 11 is 0. The van der Waals surface area contributed by atoms with E-state index < -0.39 is 0 Å². The van der Waals surface area contributed by atoms with Gasteiger partial charge in [0.1, 0.15) is 17.9 Å². The van der Waals surface area contributed by atoms with Gasteiger partial charge in [-0.3, -0.25) is 4.79 Å². The van der Waals surface area contributed by atoms with Crippen LogP contribution >= 0.6 is 0 Å². The molecule has 2 aliphatic heterocycles. The number of hydrogen-bond donors (Lipinski definition) is 3. The number of benzene rings is 1. The van der Waals surface area contributed by atoms with Gasteiger partial charge in [-0.05, 0) is 18.6 Å². The van der Waals surface area contributed by atoms with Crippen LogP contribution in [0.4, 0.5) is 0 Å². The number of nitrogens with one attached hydrogen (secondary N) is 3. The number of likely N-dealkylation sites (N-methyl/N-ethyl adjacent to an activating group) is 1. The van der Waals surface area contributed by atoms with Crippen molar-refractivity contribution in [2.45, 2.75) is 31.5 Å². The van der Waals surface area contributed by atoms with E-state index in [2.05, 4.69) is 22.5 Å². The SMILES string of the molecule is CC1NNNC1C(=O)N(C)CC1Cc2ccccc2O1. The lowest BCUT2D eigenvalue weighted by Crippen LogP contribution is -2.49. The molecule has 6 nitrogen and oxygen atoms in total. The van der Waals surface area contributed by atoms with E-state index in [1.165, 1.54) is 5.56 Å². The number of ether oxygens (including phenoxy) is 1. The monoisotopic (exact) mass is 276 g/mol. The number of carbonyl (C=O) groups is 1. The lowest BCUT2D eigenvalue weighted by atomic mass is 10.1. The highest BCUT2D eigenvalue weighted by atomic mass is 16.5. The van der Waals surface area contributed by atoms with Crippen LogP contribution in [-0.4, -0.2) is 42.6 Å². The molecular weight excluding hydrogens is 256 g/mol. The number of carbonyl (C=O) groups excluding carboxylic acids is 1. The molecule has 3 N–H and O–H groups in total. The molecule has 6 heteroatoms. The highest BCUT2D eigenvalue weighted by molar-refractivity contribution is 5.82. The van der Waals surface area contributed by atoms with Crippen molar-refractivity contribution in [2.75, 3.05) is 13.6 Å². The molecule has 1 saturated heterocycles. The van der Waals surface area contributed by atoms with E-state index in [9.17, 15) is 4.79 Å². The molecular formula is C14H20N4O2. The average molecular weight is 276 g/mol. The second-order valence-electron chi connectivity index (χ2n) is 5.45. The molecule has 0 bridgehead atoms. The highest BCUT2D eigenvalue weighted by Gasteiger charge is 2.33. The van der Waals surface area contributed by atoms with E-state index in [4.69, 9.17) is 4.74 Å². The molecule has 3 unspecified atom stereocenters. The molecule has 0 saturated carbocycles. The molecule has 3 atom stereocenters. The Labute approximate surface area is 118 Å². The van der Waals surface area contributed by atoms with Gasteiger partial charge in [-0.1, -0.05) is 18.2 Å². The van der Waals surface area contributed by atoms with Crippen molar-refractivity contribution in [3.05, 3.63) is 29.8 Å². The van der Waals surface area contributed by atoms with Crippen molar-refractivity contribution in [1.82, 2.24) is 21.3 Å². The fourth-order valence-corrected chi connectivity index (χ4v) is 2.71. The van der Waals surface area contributed by atoms with E-state index in [-0.39, 0.29) is 24.1 Å². The Morgan fingerprint density at radius 2 is 2.20 bits per heavy atom. The summed E-state index contributed by atoms with van der Waals surface area (Å²) in [5.41, 5.74) is 9.91. The van der Waals surface area contributed by atoms with Crippen LogP contribution in [-0.2, 0) is 11.2 Å². The summed E-state index contributed by atoms with van der Waals surface area (Å²) in [6.45, 7) is 2.56. The average Bonchev–Trinajstić information content (AvgIpc) is 3.03. The number of nitrogens with zero attached hydrogens (tertiary/aromatic N) is 1. The maximum Gasteiger partial charge on any atom is 0.242 e. The van der Waals surface area contributed by atoms with Crippen molar-refractivity contribution in [3.63, 3.8) is 0 Å². The maximum atomic E-state index is 12.3. The van der Waals surface area contributed by atoms with E-state index in [0.29, 0.717) is 6.54 Å². The van der Waals surface area contributed by atoms with Crippen molar-refractivity contribution in [2.24, 2.45) is 0 Å². The molecule has 0 aliphatic carbocycles. The summed E-state index contributed by atoms with van der Waals surface area (Å²) in [6, 6.07) is 7.85. The zero-order valence-electron chi connectivity index (χ0n) is 11.7. The molecule has 108 valence electrons. The van der Waals surface area contributed by atoms with Gasteiger partial charge in [0.05, 0.1) is 6.54 Å². The van der Waals surface area contributed by atoms with Crippen LogP contribution in [0.2, 0.25) is 0 Å². The molecule has 1 aromatic rings. The van der Waals surface area contributed by atoms with Crippen LogP contribution < -0.4 is 21.1 Å². The van der Waals surface area contributed by atoms with Gasteiger partial charge in [0.25, 0.3) is 0 Å². The molecule has 2 aliphatic rings. The van der Waals surface area contributed by atoms with Gasteiger partial charge in [0, 0.05) is 19.5 Å². The van der Waals surface area contributed by atoms with Gasteiger partial charge in [0.15, 0.2) is 0 Å². The summed E-state index contributed by atoms with van der Waals surface area (Å²) in [6.07, 6.45) is 0.900. The molecule has 2 heterocycles. The van der Waals surface area contributed by atoms with Gasteiger partial charge in [-0.25, -0.2) is 10.9 Å².